The van der Waals surface area contributed by atoms with E-state index in [1.54, 1.807) is 31.2 Å². The van der Waals surface area contributed by atoms with Crippen LogP contribution in [0.2, 0.25) is 0 Å². The molecule has 1 atom stereocenters. The lowest BCUT2D eigenvalue weighted by Crippen LogP contribution is -3.14. The van der Waals surface area contributed by atoms with Gasteiger partial charge in [0.1, 0.15) is 25.7 Å². The van der Waals surface area contributed by atoms with Crippen LogP contribution in [0.15, 0.2) is 48.5 Å². The monoisotopic (exact) mass is 412 g/mol. The van der Waals surface area contributed by atoms with Gasteiger partial charge in [0, 0.05) is 11.3 Å². The van der Waals surface area contributed by atoms with Crippen LogP contribution in [0.25, 0.3) is 0 Å². The van der Waals surface area contributed by atoms with E-state index < -0.39 is 6.09 Å². The predicted molar refractivity (Wildman–Crippen MR) is 115 cm³/mol. The molecular weight excluding hydrogens is 382 g/mol. The zero-order valence-corrected chi connectivity index (χ0v) is 17.6. The second-order valence-corrected chi connectivity index (χ2v) is 7.43. The SMILES string of the molecule is CCOC(=O)Nc1ccc(C(=O)N[C@H](C[NH+]2CCOCC2)c2ccc(C)cc2)cc1. The number of benzene rings is 2. The average molecular weight is 413 g/mol. The summed E-state index contributed by atoms with van der Waals surface area (Å²) >= 11 is 0. The number of quaternary nitrogens is 1. The summed E-state index contributed by atoms with van der Waals surface area (Å²) in [4.78, 5) is 25.9. The van der Waals surface area contributed by atoms with Crippen LogP contribution in [0.5, 0.6) is 0 Å². The first-order valence-electron chi connectivity index (χ1n) is 10.4. The van der Waals surface area contributed by atoms with Crippen LogP contribution in [0, 0.1) is 6.92 Å². The van der Waals surface area contributed by atoms with E-state index in [1.165, 1.54) is 10.5 Å². The number of anilines is 1. The van der Waals surface area contributed by atoms with Gasteiger partial charge in [0.25, 0.3) is 5.91 Å². The van der Waals surface area contributed by atoms with Crippen LogP contribution < -0.4 is 15.5 Å². The highest BCUT2D eigenvalue weighted by Crippen LogP contribution is 2.15. The lowest BCUT2D eigenvalue weighted by atomic mass is 10.0. The van der Waals surface area contributed by atoms with E-state index in [9.17, 15) is 9.59 Å². The molecule has 0 spiro atoms. The molecule has 1 fully saturated rings. The summed E-state index contributed by atoms with van der Waals surface area (Å²) in [7, 11) is 0. The van der Waals surface area contributed by atoms with Crippen molar-refractivity contribution in [3.8, 4) is 0 Å². The standard InChI is InChI=1S/C23H29N3O4/c1-3-30-23(28)24-20-10-8-19(9-11-20)22(27)25-21(16-26-12-14-29-15-13-26)18-6-4-17(2)5-7-18/h4-11,21H,3,12-16H2,1-2H3,(H,24,28)(H,25,27)/p+1/t21-/m1/s1. The van der Waals surface area contributed by atoms with Gasteiger partial charge in [-0.2, -0.15) is 0 Å². The molecule has 1 heterocycles. The quantitative estimate of drug-likeness (QED) is 0.649. The highest BCUT2D eigenvalue weighted by molar-refractivity contribution is 5.95. The largest absolute Gasteiger partial charge is 0.450 e. The summed E-state index contributed by atoms with van der Waals surface area (Å²) in [6, 6.07) is 15.0. The van der Waals surface area contributed by atoms with Crippen molar-refractivity contribution >= 4 is 17.7 Å². The zero-order valence-electron chi connectivity index (χ0n) is 17.6. The zero-order chi connectivity index (χ0) is 21.3. The molecule has 2 amide bonds. The van der Waals surface area contributed by atoms with Gasteiger partial charge < -0.3 is 19.7 Å². The third-order valence-electron chi connectivity index (χ3n) is 5.15. The van der Waals surface area contributed by atoms with Crippen molar-refractivity contribution in [2.24, 2.45) is 0 Å². The molecule has 3 rings (SSSR count). The van der Waals surface area contributed by atoms with Gasteiger partial charge >= 0.3 is 6.09 Å². The van der Waals surface area contributed by atoms with Gasteiger partial charge in [-0.25, -0.2) is 4.79 Å². The van der Waals surface area contributed by atoms with Crippen LogP contribution in [0.1, 0.15) is 34.5 Å². The smallest absolute Gasteiger partial charge is 0.411 e. The number of hydrogen-bond acceptors (Lipinski definition) is 4. The Labute approximate surface area is 177 Å². The van der Waals surface area contributed by atoms with Crippen LogP contribution in [-0.2, 0) is 9.47 Å². The number of carbonyl (C=O) groups is 2. The predicted octanol–water partition coefficient (Wildman–Crippen LogP) is 1.95. The molecule has 0 bridgehead atoms. The maximum Gasteiger partial charge on any atom is 0.411 e. The summed E-state index contributed by atoms with van der Waals surface area (Å²) in [6.45, 7) is 8.28. The normalized spacial score (nSPS) is 15.3. The van der Waals surface area contributed by atoms with Crippen molar-refractivity contribution in [2.45, 2.75) is 19.9 Å². The lowest BCUT2D eigenvalue weighted by molar-refractivity contribution is -0.909. The van der Waals surface area contributed by atoms with Gasteiger partial charge in [0.05, 0.1) is 19.8 Å². The molecule has 0 radical (unpaired) electrons. The Balaban J connectivity index is 1.68. The van der Waals surface area contributed by atoms with Crippen molar-refractivity contribution in [3.63, 3.8) is 0 Å². The number of ether oxygens (including phenoxy) is 2. The van der Waals surface area contributed by atoms with Crippen LogP contribution in [0.3, 0.4) is 0 Å². The molecule has 1 aliphatic heterocycles. The number of aryl methyl sites for hydroxylation is 1. The minimum atomic E-state index is -0.511. The number of carbonyl (C=O) groups excluding carboxylic acids is 2. The van der Waals surface area contributed by atoms with Gasteiger partial charge in [-0.1, -0.05) is 29.8 Å². The molecule has 7 heteroatoms. The van der Waals surface area contributed by atoms with Gasteiger partial charge in [-0.05, 0) is 43.7 Å². The molecule has 1 aliphatic rings. The first-order valence-corrected chi connectivity index (χ1v) is 10.4. The summed E-state index contributed by atoms with van der Waals surface area (Å²) in [5.74, 6) is -0.143. The van der Waals surface area contributed by atoms with Crippen molar-refractivity contribution in [2.75, 3.05) is 44.8 Å². The molecule has 1 saturated heterocycles. The number of amides is 2. The number of hydrogen-bond donors (Lipinski definition) is 3. The molecule has 3 N–H and O–H groups in total. The highest BCUT2D eigenvalue weighted by Gasteiger charge is 2.23. The second-order valence-electron chi connectivity index (χ2n) is 7.43. The topological polar surface area (TPSA) is 81.1 Å². The Hall–Kier alpha value is -2.90. The Kier molecular flexibility index (Phi) is 7.82. The number of nitrogens with one attached hydrogen (secondary N) is 3. The molecule has 0 saturated carbocycles. The molecule has 7 nitrogen and oxygen atoms in total. The van der Waals surface area contributed by atoms with Gasteiger partial charge in [0.15, 0.2) is 0 Å². The molecule has 0 aliphatic carbocycles. The third-order valence-corrected chi connectivity index (χ3v) is 5.15. The molecule has 0 unspecified atom stereocenters. The lowest BCUT2D eigenvalue weighted by Gasteiger charge is -2.28. The van der Waals surface area contributed by atoms with Crippen molar-refractivity contribution in [3.05, 3.63) is 65.2 Å². The third kappa shape index (κ3) is 6.30. The van der Waals surface area contributed by atoms with Crippen molar-refractivity contribution in [1.29, 1.82) is 0 Å². The van der Waals surface area contributed by atoms with E-state index >= 15 is 0 Å². The van der Waals surface area contributed by atoms with Crippen LogP contribution in [-0.4, -0.2) is 51.5 Å². The number of morpholine rings is 1. The minimum absolute atomic E-state index is 0.0940. The fourth-order valence-corrected chi connectivity index (χ4v) is 3.44. The fraction of sp³-hybridized carbons (Fsp3) is 0.391. The molecule has 30 heavy (non-hydrogen) atoms. The fourth-order valence-electron chi connectivity index (χ4n) is 3.44. The molecular formula is C23H30N3O4+. The van der Waals surface area contributed by atoms with Gasteiger partial charge in [-0.15, -0.1) is 0 Å². The van der Waals surface area contributed by atoms with Crippen molar-refractivity contribution < 1.29 is 24.0 Å². The maximum atomic E-state index is 12.9. The average Bonchev–Trinajstić information content (AvgIpc) is 2.75. The Morgan fingerprint density at radius 1 is 1.07 bits per heavy atom. The molecule has 0 aromatic heterocycles. The van der Waals surface area contributed by atoms with Crippen LogP contribution >= 0.6 is 0 Å². The summed E-state index contributed by atoms with van der Waals surface area (Å²) in [6.07, 6.45) is -0.511. The second kappa shape index (κ2) is 10.8. The van der Waals surface area contributed by atoms with E-state index in [2.05, 4.69) is 41.8 Å². The van der Waals surface area contributed by atoms with E-state index in [0.29, 0.717) is 17.9 Å². The molecule has 160 valence electrons. The van der Waals surface area contributed by atoms with Gasteiger partial charge in [-0.3, -0.25) is 10.1 Å². The van der Waals surface area contributed by atoms with Crippen LogP contribution in [0.4, 0.5) is 10.5 Å². The van der Waals surface area contributed by atoms with E-state index in [-0.39, 0.29) is 11.9 Å². The highest BCUT2D eigenvalue weighted by atomic mass is 16.5. The first kappa shape index (κ1) is 21.8. The summed E-state index contributed by atoms with van der Waals surface area (Å²) < 4.78 is 10.3. The molecule has 2 aromatic carbocycles. The van der Waals surface area contributed by atoms with E-state index in [0.717, 1.165) is 38.4 Å². The Bertz CT molecular complexity index is 831. The first-order chi connectivity index (χ1) is 14.5. The van der Waals surface area contributed by atoms with E-state index in [4.69, 9.17) is 9.47 Å². The van der Waals surface area contributed by atoms with Gasteiger partial charge in [0.2, 0.25) is 0 Å². The summed E-state index contributed by atoms with van der Waals surface area (Å²) in [5, 5.41) is 5.81. The summed E-state index contributed by atoms with van der Waals surface area (Å²) in [5.41, 5.74) is 3.40. The maximum absolute atomic E-state index is 12.9. The Morgan fingerprint density at radius 2 is 1.73 bits per heavy atom. The van der Waals surface area contributed by atoms with E-state index in [1.807, 2.05) is 0 Å². The minimum Gasteiger partial charge on any atom is -0.450 e. The molecule has 2 aromatic rings. The number of rotatable bonds is 7. The Morgan fingerprint density at radius 3 is 2.37 bits per heavy atom. The van der Waals surface area contributed by atoms with Crippen molar-refractivity contribution in [1.82, 2.24) is 5.32 Å².